The average molecular weight is 240 g/mol. The smallest absolute Gasteiger partial charge is 0.107 e. The van der Waals surface area contributed by atoms with Gasteiger partial charge in [-0.1, -0.05) is 18.2 Å². The lowest BCUT2D eigenvalue weighted by atomic mass is 10.0. The third-order valence-corrected chi connectivity index (χ3v) is 2.93. The number of halogens is 1. The molecule has 2 rings (SSSR count). The minimum Gasteiger partial charge on any atom is -0.390 e. The van der Waals surface area contributed by atoms with Gasteiger partial charge in [-0.3, -0.25) is 0 Å². The van der Waals surface area contributed by atoms with E-state index in [0.717, 1.165) is 10.9 Å². The highest BCUT2D eigenvalue weighted by Crippen LogP contribution is 2.26. The minimum absolute atomic E-state index is 0.332. The van der Waals surface area contributed by atoms with Gasteiger partial charge in [-0.15, -0.1) is 11.6 Å². The van der Waals surface area contributed by atoms with E-state index in [1.54, 1.807) is 6.07 Å². The van der Waals surface area contributed by atoms with Gasteiger partial charge in [-0.25, -0.2) is 0 Å². The van der Waals surface area contributed by atoms with Crippen LogP contribution in [0.4, 0.5) is 0 Å². The second kappa shape index (κ2) is 4.87. The molecule has 4 heteroatoms. The highest BCUT2D eigenvalue weighted by Gasteiger charge is 2.19. The van der Waals surface area contributed by atoms with E-state index in [1.807, 2.05) is 24.4 Å². The number of fused-ring (bicyclic) bond motifs is 1. The molecular weight excluding hydrogens is 226 g/mol. The molecule has 0 aliphatic carbocycles. The van der Waals surface area contributed by atoms with Crippen LogP contribution < -0.4 is 0 Å². The summed E-state index contributed by atoms with van der Waals surface area (Å²) in [5, 5.41) is 20.8. The summed E-state index contributed by atoms with van der Waals surface area (Å²) in [6, 6.07) is 7.55. The van der Waals surface area contributed by atoms with Gasteiger partial charge < -0.3 is 15.2 Å². The molecule has 1 aromatic carbocycles. The lowest BCUT2D eigenvalue weighted by Crippen LogP contribution is -2.18. The lowest BCUT2D eigenvalue weighted by molar-refractivity contribution is 0.0178. The van der Waals surface area contributed by atoms with Crippen molar-refractivity contribution in [3.63, 3.8) is 0 Å². The Bertz CT molecular complexity index is 469. The Hall–Kier alpha value is -1.03. The Morgan fingerprint density at radius 3 is 2.81 bits per heavy atom. The fourth-order valence-electron chi connectivity index (χ4n) is 1.83. The van der Waals surface area contributed by atoms with Gasteiger partial charge in [0, 0.05) is 17.6 Å². The normalized spacial score (nSPS) is 15.2. The van der Waals surface area contributed by atoms with E-state index in [1.165, 1.54) is 0 Å². The second-order valence-corrected chi connectivity index (χ2v) is 4.16. The molecular formula is C12H14ClNO2. The van der Waals surface area contributed by atoms with Crippen LogP contribution in [0.2, 0.25) is 0 Å². The molecule has 3 nitrogen and oxygen atoms in total. The molecule has 0 bridgehead atoms. The van der Waals surface area contributed by atoms with E-state index in [0.29, 0.717) is 17.9 Å². The van der Waals surface area contributed by atoms with E-state index in [2.05, 4.69) is 4.98 Å². The SMILES string of the molecule is OC(CCCl)C(O)c1cccc2cc[nH]c12. The van der Waals surface area contributed by atoms with Crippen molar-refractivity contribution >= 4 is 22.5 Å². The third-order valence-electron chi connectivity index (χ3n) is 2.71. The summed E-state index contributed by atoms with van der Waals surface area (Å²) in [6.07, 6.45) is 0.460. The molecule has 0 fully saturated rings. The first-order valence-corrected chi connectivity index (χ1v) is 5.75. The van der Waals surface area contributed by atoms with E-state index in [-0.39, 0.29) is 0 Å². The second-order valence-electron chi connectivity index (χ2n) is 3.78. The maximum atomic E-state index is 10.0. The summed E-state index contributed by atoms with van der Waals surface area (Å²) in [6.45, 7) is 0. The molecule has 0 radical (unpaired) electrons. The van der Waals surface area contributed by atoms with Crippen LogP contribution in [0.15, 0.2) is 30.5 Å². The van der Waals surface area contributed by atoms with Crippen molar-refractivity contribution in [2.75, 3.05) is 5.88 Å². The molecule has 2 aromatic rings. The van der Waals surface area contributed by atoms with Gasteiger partial charge in [0.15, 0.2) is 0 Å². The summed E-state index contributed by atoms with van der Waals surface area (Å²) in [7, 11) is 0. The molecule has 16 heavy (non-hydrogen) atoms. The van der Waals surface area contributed by atoms with E-state index in [9.17, 15) is 10.2 Å². The quantitative estimate of drug-likeness (QED) is 0.717. The van der Waals surface area contributed by atoms with Crippen LogP contribution in [0.3, 0.4) is 0 Å². The number of alkyl halides is 1. The molecule has 0 amide bonds. The third kappa shape index (κ3) is 2.07. The van der Waals surface area contributed by atoms with Crippen molar-refractivity contribution in [2.45, 2.75) is 18.6 Å². The van der Waals surface area contributed by atoms with Crippen molar-refractivity contribution < 1.29 is 10.2 Å². The molecule has 1 heterocycles. The summed E-state index contributed by atoms with van der Waals surface area (Å²) in [5.74, 6) is 0.332. The lowest BCUT2D eigenvalue weighted by Gasteiger charge is -2.17. The predicted molar refractivity (Wildman–Crippen MR) is 64.6 cm³/mol. The number of para-hydroxylation sites is 1. The van der Waals surface area contributed by atoms with Gasteiger partial charge in [0.2, 0.25) is 0 Å². The van der Waals surface area contributed by atoms with E-state index >= 15 is 0 Å². The number of aromatic nitrogens is 1. The van der Waals surface area contributed by atoms with Crippen LogP contribution in [0, 0.1) is 0 Å². The van der Waals surface area contributed by atoms with Crippen LogP contribution in [-0.2, 0) is 0 Å². The Labute approximate surface area is 98.7 Å². The highest BCUT2D eigenvalue weighted by molar-refractivity contribution is 6.17. The Morgan fingerprint density at radius 2 is 2.06 bits per heavy atom. The number of aliphatic hydroxyl groups is 2. The predicted octanol–water partition coefficient (Wildman–Crippen LogP) is 2.19. The highest BCUT2D eigenvalue weighted by atomic mass is 35.5. The largest absolute Gasteiger partial charge is 0.390 e. The molecule has 0 aliphatic heterocycles. The van der Waals surface area contributed by atoms with Gasteiger partial charge in [0.25, 0.3) is 0 Å². The monoisotopic (exact) mass is 239 g/mol. The fraction of sp³-hybridized carbons (Fsp3) is 0.333. The number of hydrogen-bond acceptors (Lipinski definition) is 2. The van der Waals surface area contributed by atoms with Crippen molar-refractivity contribution in [3.8, 4) is 0 Å². The Balaban J connectivity index is 2.35. The van der Waals surface area contributed by atoms with Crippen molar-refractivity contribution in [1.82, 2.24) is 4.98 Å². The fourth-order valence-corrected chi connectivity index (χ4v) is 2.06. The number of rotatable bonds is 4. The van der Waals surface area contributed by atoms with Crippen molar-refractivity contribution in [3.05, 3.63) is 36.0 Å². The molecule has 2 atom stereocenters. The van der Waals surface area contributed by atoms with Crippen LogP contribution >= 0.6 is 11.6 Å². The molecule has 2 unspecified atom stereocenters. The van der Waals surface area contributed by atoms with E-state index in [4.69, 9.17) is 11.6 Å². The minimum atomic E-state index is -0.902. The van der Waals surface area contributed by atoms with Crippen molar-refractivity contribution in [2.24, 2.45) is 0 Å². The first-order valence-electron chi connectivity index (χ1n) is 5.22. The van der Waals surface area contributed by atoms with Gasteiger partial charge >= 0.3 is 0 Å². The maximum Gasteiger partial charge on any atom is 0.107 e. The number of hydrogen-bond donors (Lipinski definition) is 3. The van der Waals surface area contributed by atoms with Crippen molar-refractivity contribution in [1.29, 1.82) is 0 Å². The van der Waals surface area contributed by atoms with Crippen LogP contribution in [0.25, 0.3) is 10.9 Å². The molecule has 0 spiro atoms. The standard InChI is InChI=1S/C12H14ClNO2/c13-6-4-10(15)12(16)9-3-1-2-8-5-7-14-11(8)9/h1-3,5,7,10,12,14-16H,4,6H2. The summed E-state index contributed by atoms with van der Waals surface area (Å²) < 4.78 is 0. The van der Waals surface area contributed by atoms with Gasteiger partial charge in [0.1, 0.15) is 6.10 Å². The van der Waals surface area contributed by atoms with Crippen LogP contribution in [0.5, 0.6) is 0 Å². The molecule has 3 N–H and O–H groups in total. The maximum absolute atomic E-state index is 10.0. The Morgan fingerprint density at radius 1 is 1.25 bits per heavy atom. The first-order chi connectivity index (χ1) is 7.74. The number of H-pyrrole nitrogens is 1. The Kier molecular flexibility index (Phi) is 3.49. The molecule has 86 valence electrons. The van der Waals surface area contributed by atoms with Crippen LogP contribution in [0.1, 0.15) is 18.1 Å². The number of benzene rings is 1. The number of nitrogens with one attached hydrogen (secondary N) is 1. The number of aliphatic hydroxyl groups excluding tert-OH is 2. The molecule has 1 aromatic heterocycles. The zero-order valence-electron chi connectivity index (χ0n) is 8.73. The molecule has 0 saturated heterocycles. The summed E-state index contributed by atoms with van der Waals surface area (Å²) >= 11 is 5.55. The summed E-state index contributed by atoms with van der Waals surface area (Å²) in [4.78, 5) is 3.06. The molecule has 0 aliphatic rings. The summed E-state index contributed by atoms with van der Waals surface area (Å²) in [5.41, 5.74) is 1.57. The topological polar surface area (TPSA) is 56.2 Å². The van der Waals surface area contributed by atoms with E-state index < -0.39 is 12.2 Å². The van der Waals surface area contributed by atoms with Gasteiger partial charge in [-0.2, -0.15) is 0 Å². The van der Waals surface area contributed by atoms with Gasteiger partial charge in [0.05, 0.1) is 11.6 Å². The van der Waals surface area contributed by atoms with Gasteiger partial charge in [-0.05, 0) is 17.9 Å². The zero-order valence-corrected chi connectivity index (χ0v) is 9.48. The zero-order chi connectivity index (χ0) is 11.5. The number of aromatic amines is 1. The van der Waals surface area contributed by atoms with Crippen LogP contribution in [-0.4, -0.2) is 27.2 Å². The average Bonchev–Trinajstić information content (AvgIpc) is 2.76. The first kappa shape index (κ1) is 11.5. The molecule has 0 saturated carbocycles.